The van der Waals surface area contributed by atoms with Crippen molar-refractivity contribution in [3.05, 3.63) is 29.8 Å². The number of aromatic hydroxyl groups is 1. The van der Waals surface area contributed by atoms with Crippen LogP contribution in [0.15, 0.2) is 24.3 Å². The molecule has 27 N–H and O–H groups in total. The Morgan fingerprint density at radius 2 is 0.958 bits per heavy atom. The molecular weight excluding hydrogens is 1880 g/mol. The van der Waals surface area contributed by atoms with Crippen molar-refractivity contribution in [2.75, 3.05) is 38.2 Å². The lowest BCUT2D eigenvalue weighted by molar-refractivity contribution is -0.147. The van der Waals surface area contributed by atoms with Gasteiger partial charge < -0.3 is 137 Å². The molecule has 19 amide bonds. The average Bonchev–Trinajstić information content (AvgIpc) is 1.63. The van der Waals surface area contributed by atoms with Crippen LogP contribution in [0.3, 0.4) is 0 Å². The highest BCUT2D eigenvalue weighted by atomic mass is 32.2. The molecule has 2 aliphatic heterocycles. The Morgan fingerprint density at radius 3 is 1.47 bits per heavy atom. The van der Waals surface area contributed by atoms with E-state index in [9.17, 15) is 131 Å². The van der Waals surface area contributed by atoms with Crippen molar-refractivity contribution in [3.8, 4) is 5.75 Å². The van der Waals surface area contributed by atoms with E-state index in [4.69, 9.17) is 11.1 Å². The predicted octanol–water partition coefficient (Wildman–Crippen LogP) is -4.28. The van der Waals surface area contributed by atoms with E-state index >= 15 is 0 Å². The number of carbonyl (C=O) groups is 22. The van der Waals surface area contributed by atoms with Crippen LogP contribution in [-0.2, 0) is 112 Å². The van der Waals surface area contributed by atoms with E-state index in [2.05, 4.69) is 101 Å². The van der Waals surface area contributed by atoms with Crippen molar-refractivity contribution in [1.82, 2.24) is 106 Å². The lowest BCUT2D eigenvalue weighted by Crippen LogP contribution is -2.63. The van der Waals surface area contributed by atoms with Crippen LogP contribution >= 0.6 is 11.8 Å². The average molecular weight is 2030 g/mol. The van der Waals surface area contributed by atoms with E-state index in [1.165, 1.54) is 70.6 Å². The van der Waals surface area contributed by atoms with Gasteiger partial charge in [0.05, 0.1) is 32.0 Å². The molecule has 0 radical (unpaired) electrons. The highest BCUT2D eigenvalue weighted by Crippen LogP contribution is 2.23. The third kappa shape index (κ3) is 43.6. The molecule has 2 saturated heterocycles. The lowest BCUT2D eigenvalue weighted by atomic mass is 9.96. The molecule has 2 aliphatic rings. The van der Waals surface area contributed by atoms with E-state index in [0.29, 0.717) is 5.75 Å². The second-order valence-corrected chi connectivity index (χ2v) is 39.1. The van der Waals surface area contributed by atoms with Crippen LogP contribution in [0.25, 0.3) is 0 Å². The molecule has 0 spiro atoms. The van der Waals surface area contributed by atoms with Crippen LogP contribution in [-0.4, -0.2) is 314 Å². The van der Waals surface area contributed by atoms with Gasteiger partial charge in [-0.15, -0.1) is 0 Å². The number of nitrogens with one attached hydrogen (secondary N) is 20. The maximum absolute atomic E-state index is 14.9. The number of benzene rings is 1. The number of hydrogen-bond acceptors (Lipinski definition) is 26. The van der Waals surface area contributed by atoms with E-state index in [1.807, 2.05) is 0 Å². The predicted molar refractivity (Wildman–Crippen MR) is 517 cm³/mol. The number of aliphatic carboxylic acids is 3. The molecule has 50 heteroatoms. The number of nitrogens with two attached hydrogens (primary N) is 1. The fourth-order valence-corrected chi connectivity index (χ4v) is 15.6. The van der Waals surface area contributed by atoms with Crippen LogP contribution in [0.5, 0.6) is 5.75 Å². The van der Waals surface area contributed by atoms with Crippen molar-refractivity contribution in [2.45, 2.75) is 323 Å². The summed E-state index contributed by atoms with van der Waals surface area (Å²) in [5.41, 5.74) is 5.81. The normalized spacial score (nSPS) is 20.9. The van der Waals surface area contributed by atoms with E-state index in [-0.39, 0.29) is 106 Å². The number of carbonyl (C=O) groups excluding carboxylic acids is 19. The van der Waals surface area contributed by atoms with Crippen LogP contribution in [0.2, 0.25) is 0 Å². The minimum Gasteiger partial charge on any atom is -0.508 e. The monoisotopic (exact) mass is 2030 g/mol. The maximum atomic E-state index is 14.9. The van der Waals surface area contributed by atoms with Crippen LogP contribution in [0, 0.1) is 46.8 Å². The molecular formula is C92H150N22O27S. The molecule has 0 bridgehead atoms. The summed E-state index contributed by atoms with van der Waals surface area (Å²) in [7, 11) is 0. The number of carboxylic acid groups (broad SMARTS) is 3. The van der Waals surface area contributed by atoms with E-state index in [0.717, 1.165) is 11.8 Å². The molecule has 796 valence electrons. The zero-order chi connectivity index (χ0) is 108. The molecule has 1 aromatic rings. The number of phenolic OH excluding ortho intramolecular Hbond substituents is 1. The van der Waals surface area contributed by atoms with Gasteiger partial charge in [0.2, 0.25) is 112 Å². The molecule has 19 atom stereocenters. The number of likely N-dealkylation sites (tertiary alicyclic amines) is 1. The van der Waals surface area contributed by atoms with Gasteiger partial charge in [0.1, 0.15) is 108 Å². The maximum Gasteiger partial charge on any atom is 0.326 e. The minimum atomic E-state index is -2.17. The largest absolute Gasteiger partial charge is 0.508 e. The Bertz CT molecular complexity index is 4560. The van der Waals surface area contributed by atoms with Gasteiger partial charge in [0.25, 0.3) is 0 Å². The highest BCUT2D eigenvalue weighted by Gasteiger charge is 2.44. The molecule has 0 unspecified atom stereocenters. The summed E-state index contributed by atoms with van der Waals surface area (Å²) in [6, 6.07) is -21.9. The smallest absolute Gasteiger partial charge is 0.326 e. The molecule has 0 aliphatic carbocycles. The van der Waals surface area contributed by atoms with Gasteiger partial charge in [-0.05, 0) is 156 Å². The van der Waals surface area contributed by atoms with Gasteiger partial charge in [-0.1, -0.05) is 115 Å². The van der Waals surface area contributed by atoms with Crippen molar-refractivity contribution in [1.29, 1.82) is 5.41 Å². The summed E-state index contributed by atoms with van der Waals surface area (Å²) in [6.07, 6.45) is -4.38. The molecule has 1 aromatic carbocycles. The van der Waals surface area contributed by atoms with Gasteiger partial charge in [-0.3, -0.25) is 106 Å². The molecule has 2 fully saturated rings. The van der Waals surface area contributed by atoms with Crippen molar-refractivity contribution < 1.29 is 131 Å². The van der Waals surface area contributed by atoms with Crippen molar-refractivity contribution in [2.24, 2.45) is 47.2 Å². The molecule has 49 nitrogen and oxygen atoms in total. The second-order valence-electron chi connectivity index (χ2n) is 38.2. The topological polar surface area (TPSA) is 758 Å². The van der Waals surface area contributed by atoms with Gasteiger partial charge in [-0.25, -0.2) is 4.79 Å². The number of aliphatic hydroxyl groups excluding tert-OH is 1. The number of thioether (sulfide) groups is 1. The number of carboxylic acids is 3. The van der Waals surface area contributed by atoms with E-state index in [1.54, 1.807) is 82.4 Å². The zero-order valence-electron chi connectivity index (χ0n) is 84.0. The Labute approximate surface area is 830 Å². The fourth-order valence-electron chi connectivity index (χ4n) is 15.2. The third-order valence-electron chi connectivity index (χ3n) is 23.1. The van der Waals surface area contributed by atoms with Crippen molar-refractivity contribution >= 4 is 148 Å². The SMILES string of the molecule is CC[C@H](C)[C@H](NC(=O)[C@H](CC(=O)O)NC(=O)[C@@H]1CCC(=O)NCC(=O)N[C@@H](C)C(=O)N[C@@H](CC(C)C)C(=O)N[C@@H](C(C)C)C(=O)NCC(=O)N[C@@H](CC(C)C)C(=O)N[C@@H](CC(C)C)C(=O)N[C@@H](CC(C)C)C(=O)N1)C(=O)N[C@H](C(=O)N[C@H](C(=O)N[C@@H](C)C(=O)N[C@@H](CCCNC(=N)N)C(=O)N[C@@H](Cc1ccc(O)cc1)C(=O)N[C@@H](CC(=O)O)C(=O)N1CCC[C@H]1C(=O)N[C@@H](CCSC)C(=O)O)C(C)C)[C@@H](C)O. The fraction of sp³-hybridized carbons (Fsp3) is 0.685. The number of aliphatic hydroxyl groups is 1. The first-order valence-corrected chi connectivity index (χ1v) is 49.2. The molecule has 0 aromatic heterocycles. The molecule has 2 heterocycles. The summed E-state index contributed by atoms with van der Waals surface area (Å²) in [5.74, 6) is -28.0. The standard InChI is InChI=1S/C92H150N22O27S/c1-19-49(14)73(88(137)113-74(52(17)115)89(138)111-72(48(12)13)87(136)99-51(16)76(125)101-55(22-20-31-95-92(93)94)77(126)107-62(38-53-24-26-54(116)27-25-53)82(131)109-64(40-70(122)123)90(139)114-32-21-23-65(114)85(134)103-57(91(140)141)30-33-142-18)112-84(133)63(39-69(120)121)108-78(127)56-28-29-66(117)96-41-67(118)98-50(15)75(124)104-61(37-46(8)9)83(132)110-71(47(10)11)86(135)97-42-68(119)100-58(34-43(2)3)79(128)105-60(36-45(6)7)81(130)106-59(35-44(4)5)80(129)102-56/h24-27,43-52,55-65,71-74,115-116H,19-23,28-42H2,1-18H3,(H,96,117)(H,97,135)(H,98,118)(H,99,136)(H,100,119)(H,101,125)(H,102,129)(H,103,134)(H,104,124)(H,105,128)(H,106,130)(H,107,126)(H,108,127)(H,109,131)(H,110,132)(H,111,138)(H,112,133)(H,113,137)(H,120,121)(H,122,123)(H,140,141)(H4,93,94,95)/t49-,50-,51-,52+,55-,56-,57-,58-,59-,60-,61-,62-,63-,64-,65-,71-,72-,73-,74-/m0/s1. The van der Waals surface area contributed by atoms with E-state index < -0.39 is 314 Å². The Kier molecular flexibility index (Phi) is 52.8. The van der Waals surface area contributed by atoms with Gasteiger partial charge in [0.15, 0.2) is 5.96 Å². The number of phenols is 1. The summed E-state index contributed by atoms with van der Waals surface area (Å²) in [6.45, 7) is 24.9. The summed E-state index contributed by atoms with van der Waals surface area (Å²) in [4.78, 5) is 309. The molecule has 3 rings (SSSR count). The molecule has 0 saturated carbocycles. The van der Waals surface area contributed by atoms with Crippen LogP contribution in [0.4, 0.5) is 0 Å². The number of hydrogen-bond donors (Lipinski definition) is 26. The first-order chi connectivity index (χ1) is 66.4. The first-order valence-electron chi connectivity index (χ1n) is 47.8. The van der Waals surface area contributed by atoms with Gasteiger partial charge in [0, 0.05) is 25.9 Å². The zero-order valence-corrected chi connectivity index (χ0v) is 84.9. The van der Waals surface area contributed by atoms with Gasteiger partial charge >= 0.3 is 17.9 Å². The quantitative estimate of drug-likeness (QED) is 0.0167. The number of nitrogens with zero attached hydrogens (tertiary/aromatic N) is 1. The highest BCUT2D eigenvalue weighted by molar-refractivity contribution is 7.98. The van der Waals surface area contributed by atoms with Gasteiger partial charge in [-0.2, -0.15) is 11.8 Å². The second kappa shape index (κ2) is 60.9. The summed E-state index contributed by atoms with van der Waals surface area (Å²) in [5, 5.41) is 106. The lowest BCUT2D eigenvalue weighted by Gasteiger charge is -2.31. The van der Waals surface area contributed by atoms with Crippen LogP contribution < -0.4 is 107 Å². The summed E-state index contributed by atoms with van der Waals surface area (Å²) >= 11 is 1.33. The Morgan fingerprint density at radius 1 is 0.493 bits per heavy atom. The summed E-state index contributed by atoms with van der Waals surface area (Å²) < 4.78 is 0. The number of amides is 19. The van der Waals surface area contributed by atoms with Crippen LogP contribution in [0.1, 0.15) is 213 Å². The first kappa shape index (κ1) is 123. The van der Waals surface area contributed by atoms with Crippen molar-refractivity contribution in [3.63, 3.8) is 0 Å². The number of rotatable bonds is 46. The molecule has 142 heavy (non-hydrogen) atoms. The third-order valence-corrected chi connectivity index (χ3v) is 23.8. The number of guanidine groups is 1. The Balaban J connectivity index is 2.05. The minimum absolute atomic E-state index is 0.00872. The Hall–Kier alpha value is -13.1.